The molecule has 0 aromatic carbocycles. The lowest BCUT2D eigenvalue weighted by atomic mass is 9.96. The number of nitrogens with zero attached hydrogens (tertiary/aromatic N) is 3. The summed E-state index contributed by atoms with van der Waals surface area (Å²) in [5.41, 5.74) is 0. The Bertz CT molecular complexity index is 259. The Morgan fingerprint density at radius 3 is 2.05 bits per heavy atom. The fourth-order valence-corrected chi connectivity index (χ4v) is 2.83. The Labute approximate surface area is 131 Å². The Kier molecular flexibility index (Phi) is 8.25. The molecule has 0 aromatic heterocycles. The third-order valence-electron chi connectivity index (χ3n) is 4.17. The summed E-state index contributed by atoms with van der Waals surface area (Å²) < 4.78 is 0. The monoisotopic (exact) mass is 381 g/mol. The van der Waals surface area contributed by atoms with Crippen LogP contribution in [0.25, 0.3) is 0 Å². The number of hydrogen-bond donors (Lipinski definition) is 0. The van der Waals surface area contributed by atoms with Crippen LogP contribution in [0.4, 0.5) is 0 Å². The van der Waals surface area contributed by atoms with Gasteiger partial charge >= 0.3 is 0 Å². The highest BCUT2D eigenvalue weighted by Crippen LogP contribution is 2.19. The molecule has 2 aliphatic rings. The lowest BCUT2D eigenvalue weighted by Gasteiger charge is -2.37. The second-order valence-electron chi connectivity index (χ2n) is 5.55. The third-order valence-corrected chi connectivity index (χ3v) is 4.17. The van der Waals surface area contributed by atoms with Crippen molar-refractivity contribution < 1.29 is 4.79 Å². The molecule has 2 saturated heterocycles. The second kappa shape index (κ2) is 9.13. The van der Waals surface area contributed by atoms with Crippen LogP contribution >= 0.6 is 22.6 Å². The van der Waals surface area contributed by atoms with Gasteiger partial charge in [-0.1, -0.05) is 22.6 Å². The van der Waals surface area contributed by atoms with Crippen LogP contribution < -0.4 is 0 Å². The minimum atomic E-state index is 0.239. The lowest BCUT2D eigenvalue weighted by Crippen LogP contribution is -2.47. The Hall–Kier alpha value is 0.120. The lowest BCUT2D eigenvalue weighted by molar-refractivity contribution is -0.130. The largest absolute Gasteiger partial charge is 0.343 e. The highest BCUT2D eigenvalue weighted by atomic mass is 127. The van der Waals surface area contributed by atoms with E-state index in [4.69, 9.17) is 0 Å². The molecule has 0 radical (unpaired) electrons. The average Bonchev–Trinajstić information content (AvgIpc) is 2.44. The first-order valence-electron chi connectivity index (χ1n) is 7.19. The third kappa shape index (κ3) is 5.95. The van der Waals surface area contributed by atoms with Crippen LogP contribution in [0.3, 0.4) is 0 Å². The Morgan fingerprint density at radius 2 is 1.58 bits per heavy atom. The zero-order valence-corrected chi connectivity index (χ0v) is 14.7. The molecule has 0 atom stereocenters. The molecule has 4 nitrogen and oxygen atoms in total. The van der Waals surface area contributed by atoms with Gasteiger partial charge in [0, 0.05) is 52.7 Å². The highest BCUT2D eigenvalue weighted by molar-refractivity contribution is 14.1. The summed E-state index contributed by atoms with van der Waals surface area (Å²) in [7, 11) is 2.20. The summed E-state index contributed by atoms with van der Waals surface area (Å²) in [5, 5.41) is 0. The first-order chi connectivity index (χ1) is 9.15. The first kappa shape index (κ1) is 17.2. The van der Waals surface area contributed by atoms with Crippen LogP contribution in [0.1, 0.15) is 19.8 Å². The maximum Gasteiger partial charge on any atom is 0.219 e. The molecule has 2 heterocycles. The molecule has 0 N–H and O–H groups in total. The summed E-state index contributed by atoms with van der Waals surface area (Å²) >= 11 is 2.15. The molecule has 0 bridgehead atoms. The van der Waals surface area contributed by atoms with Crippen molar-refractivity contribution in [3.63, 3.8) is 0 Å². The number of alkyl halides is 1. The minimum Gasteiger partial charge on any atom is -0.343 e. The zero-order valence-electron chi connectivity index (χ0n) is 12.6. The molecular weight excluding hydrogens is 353 g/mol. The van der Waals surface area contributed by atoms with Crippen molar-refractivity contribution in [1.29, 1.82) is 0 Å². The first-order valence-corrected chi connectivity index (χ1v) is 9.35. The van der Waals surface area contributed by atoms with Gasteiger partial charge < -0.3 is 14.7 Å². The van der Waals surface area contributed by atoms with Crippen molar-refractivity contribution in [2.75, 3.05) is 57.8 Å². The van der Waals surface area contributed by atoms with Crippen LogP contribution in [-0.4, -0.2) is 78.4 Å². The van der Waals surface area contributed by atoms with Gasteiger partial charge in [0.15, 0.2) is 0 Å². The molecule has 5 heteroatoms. The van der Waals surface area contributed by atoms with Crippen LogP contribution in [-0.2, 0) is 4.79 Å². The molecule has 19 heavy (non-hydrogen) atoms. The minimum absolute atomic E-state index is 0.239. The van der Waals surface area contributed by atoms with E-state index in [1.54, 1.807) is 6.92 Å². The average molecular weight is 381 g/mol. The normalized spacial score (nSPS) is 22.8. The number of hydrogen-bond acceptors (Lipinski definition) is 3. The molecule has 0 unspecified atom stereocenters. The van der Waals surface area contributed by atoms with Crippen molar-refractivity contribution in [3.8, 4) is 0 Å². The zero-order chi connectivity index (χ0) is 14.3. The topological polar surface area (TPSA) is 26.8 Å². The molecular formula is C14H28IN3O. The molecule has 2 rings (SSSR count). The maximum atomic E-state index is 11.2. The number of piperazine rings is 1. The van der Waals surface area contributed by atoms with Crippen LogP contribution in [0.15, 0.2) is 0 Å². The van der Waals surface area contributed by atoms with Crippen molar-refractivity contribution in [2.45, 2.75) is 19.8 Å². The van der Waals surface area contributed by atoms with E-state index in [0.29, 0.717) is 0 Å². The van der Waals surface area contributed by atoms with Gasteiger partial charge in [-0.15, -0.1) is 0 Å². The van der Waals surface area contributed by atoms with E-state index in [0.717, 1.165) is 19.0 Å². The maximum absolute atomic E-state index is 11.2. The van der Waals surface area contributed by atoms with Crippen molar-refractivity contribution >= 4 is 28.5 Å². The number of amides is 1. The van der Waals surface area contributed by atoms with Crippen LogP contribution in [0.5, 0.6) is 0 Å². The number of carbonyl (C=O) groups excluding carboxylic acids is 1. The molecule has 2 fully saturated rings. The number of halogens is 1. The quantitative estimate of drug-likeness (QED) is 0.537. The molecule has 112 valence electrons. The van der Waals surface area contributed by atoms with Gasteiger partial charge in [-0.3, -0.25) is 4.79 Å². The van der Waals surface area contributed by atoms with Gasteiger partial charge in [0.1, 0.15) is 0 Å². The highest BCUT2D eigenvalue weighted by Gasteiger charge is 2.23. The standard InChI is InChI=1S/C13H25N3O.CH3I/c1-12(17)16-5-3-13(4-6-16)11-15-9-7-14(2)8-10-15;1-2/h13H,3-11H2,1-2H3;1H3. The SMILES string of the molecule is CC(=O)N1CCC(CN2CCN(C)CC2)CC1.CI. The van der Waals surface area contributed by atoms with Gasteiger partial charge in [0.25, 0.3) is 0 Å². The summed E-state index contributed by atoms with van der Waals surface area (Å²) in [6, 6.07) is 0. The number of piperidine rings is 1. The summed E-state index contributed by atoms with van der Waals surface area (Å²) in [4.78, 5) is 20.2. The fraction of sp³-hybridized carbons (Fsp3) is 0.929. The Morgan fingerprint density at radius 1 is 1.05 bits per heavy atom. The molecule has 0 aromatic rings. The smallest absolute Gasteiger partial charge is 0.219 e. The van der Waals surface area contributed by atoms with Crippen molar-refractivity contribution in [3.05, 3.63) is 0 Å². The van der Waals surface area contributed by atoms with E-state index in [1.807, 2.05) is 9.83 Å². The van der Waals surface area contributed by atoms with E-state index in [2.05, 4.69) is 39.4 Å². The van der Waals surface area contributed by atoms with E-state index < -0.39 is 0 Å². The summed E-state index contributed by atoms with van der Waals surface area (Å²) in [6.07, 6.45) is 2.37. The predicted octanol–water partition coefficient (Wildman–Crippen LogP) is 1.54. The summed E-state index contributed by atoms with van der Waals surface area (Å²) in [5.74, 6) is 1.04. The molecule has 0 spiro atoms. The van der Waals surface area contributed by atoms with Gasteiger partial charge in [-0.2, -0.15) is 0 Å². The van der Waals surface area contributed by atoms with Gasteiger partial charge in [0.05, 0.1) is 0 Å². The van der Waals surface area contributed by atoms with E-state index in [1.165, 1.54) is 45.6 Å². The number of likely N-dealkylation sites (tertiary alicyclic amines) is 1. The number of likely N-dealkylation sites (N-methyl/N-ethyl adjacent to an activating group) is 1. The number of rotatable bonds is 2. The van der Waals surface area contributed by atoms with E-state index >= 15 is 0 Å². The predicted molar refractivity (Wildman–Crippen MR) is 88.9 cm³/mol. The van der Waals surface area contributed by atoms with Gasteiger partial charge in [-0.25, -0.2) is 0 Å². The van der Waals surface area contributed by atoms with E-state index in [-0.39, 0.29) is 5.91 Å². The van der Waals surface area contributed by atoms with Gasteiger partial charge in [-0.05, 0) is 30.7 Å². The Balaban J connectivity index is 0.000000861. The summed E-state index contributed by atoms with van der Waals surface area (Å²) in [6.45, 7) is 9.67. The van der Waals surface area contributed by atoms with Crippen LogP contribution in [0, 0.1) is 5.92 Å². The van der Waals surface area contributed by atoms with Crippen LogP contribution in [0.2, 0.25) is 0 Å². The van der Waals surface area contributed by atoms with Crippen molar-refractivity contribution in [2.24, 2.45) is 5.92 Å². The molecule has 2 aliphatic heterocycles. The molecule has 0 saturated carbocycles. The number of carbonyl (C=O) groups is 1. The van der Waals surface area contributed by atoms with Gasteiger partial charge in [0.2, 0.25) is 5.91 Å². The van der Waals surface area contributed by atoms with E-state index in [9.17, 15) is 4.79 Å². The van der Waals surface area contributed by atoms with Crippen molar-refractivity contribution in [1.82, 2.24) is 14.7 Å². The second-order valence-corrected chi connectivity index (χ2v) is 5.55. The molecule has 0 aliphatic carbocycles. The molecule has 1 amide bonds. The fourth-order valence-electron chi connectivity index (χ4n) is 2.83.